The topological polar surface area (TPSA) is 104 Å². The molecule has 1 aliphatic carbocycles. The van der Waals surface area contributed by atoms with E-state index in [-0.39, 0.29) is 29.7 Å². The number of anilines is 3. The Morgan fingerprint density at radius 3 is 2.76 bits per heavy atom. The van der Waals surface area contributed by atoms with Crippen molar-refractivity contribution in [3.63, 3.8) is 0 Å². The summed E-state index contributed by atoms with van der Waals surface area (Å²) >= 11 is 1.26. The monoisotopic (exact) mass is 523 g/mol. The molecule has 0 spiro atoms. The van der Waals surface area contributed by atoms with Crippen LogP contribution in [0.5, 0.6) is 0 Å². The molecule has 8 nitrogen and oxygen atoms in total. The number of hydrogen-bond donors (Lipinski definition) is 2. The Balaban J connectivity index is 1.30. The molecule has 1 aromatic carbocycles. The van der Waals surface area contributed by atoms with Crippen molar-refractivity contribution in [2.24, 2.45) is 5.92 Å². The predicted octanol–water partition coefficient (Wildman–Crippen LogP) is 6.09. The zero-order chi connectivity index (χ0) is 26.2. The Morgan fingerprint density at radius 2 is 1.95 bits per heavy atom. The van der Waals surface area contributed by atoms with Gasteiger partial charge >= 0.3 is 6.03 Å². The number of urea groups is 1. The van der Waals surface area contributed by atoms with Crippen LogP contribution in [0.15, 0.2) is 73.6 Å². The lowest BCUT2D eigenvalue weighted by molar-refractivity contribution is -0.115. The van der Waals surface area contributed by atoms with Gasteiger partial charge in [0.05, 0.1) is 28.1 Å². The minimum atomic E-state index is -0.355. The Bertz CT molecular complexity index is 1580. The third kappa shape index (κ3) is 4.35. The van der Waals surface area contributed by atoms with Crippen molar-refractivity contribution < 1.29 is 14.4 Å². The van der Waals surface area contributed by atoms with Crippen molar-refractivity contribution in [1.82, 2.24) is 15.3 Å². The third-order valence-electron chi connectivity index (χ3n) is 7.12. The van der Waals surface area contributed by atoms with Crippen LogP contribution in [0.3, 0.4) is 0 Å². The van der Waals surface area contributed by atoms with Crippen molar-refractivity contribution in [1.29, 1.82) is 0 Å². The number of amides is 3. The molecular formula is C29H25N5O3S. The molecule has 1 fully saturated rings. The number of carbonyl (C=O) groups is 3. The number of nitrogens with zero attached hydrogens (tertiary/aromatic N) is 3. The molecule has 38 heavy (non-hydrogen) atoms. The van der Waals surface area contributed by atoms with Crippen LogP contribution in [0.1, 0.15) is 35.4 Å². The van der Waals surface area contributed by atoms with Crippen LogP contribution in [0.4, 0.5) is 21.9 Å². The van der Waals surface area contributed by atoms with Gasteiger partial charge in [0, 0.05) is 30.4 Å². The fraction of sp³-hybridized carbons (Fsp3) is 0.207. The molecule has 0 unspecified atom stereocenters. The number of aromatic nitrogens is 2. The molecule has 0 saturated heterocycles. The number of benzene rings is 1. The maximum atomic E-state index is 13.4. The van der Waals surface area contributed by atoms with E-state index < -0.39 is 0 Å². The smallest absolute Gasteiger partial charge is 0.331 e. The van der Waals surface area contributed by atoms with E-state index in [9.17, 15) is 14.4 Å². The molecule has 2 atom stereocenters. The predicted molar refractivity (Wildman–Crippen MR) is 149 cm³/mol. The number of ketones is 1. The summed E-state index contributed by atoms with van der Waals surface area (Å²) in [5.41, 5.74) is 3.52. The number of thiophene rings is 1. The molecule has 3 aromatic heterocycles. The molecule has 1 aliphatic heterocycles. The quantitative estimate of drug-likeness (QED) is 0.286. The van der Waals surface area contributed by atoms with Gasteiger partial charge in [-0.15, -0.1) is 11.3 Å². The van der Waals surface area contributed by atoms with Crippen LogP contribution in [0.2, 0.25) is 0 Å². The highest BCUT2D eigenvalue weighted by Gasteiger charge is 2.34. The first-order valence-corrected chi connectivity index (χ1v) is 13.3. The first kappa shape index (κ1) is 24.0. The molecule has 2 aliphatic rings. The minimum Gasteiger partial charge on any atom is -0.349 e. The first-order valence-electron chi connectivity index (χ1n) is 12.5. The third-order valence-corrected chi connectivity index (χ3v) is 8.21. The number of nitrogens with one attached hydrogen (secondary N) is 2. The van der Waals surface area contributed by atoms with Gasteiger partial charge in [-0.3, -0.25) is 19.5 Å². The largest absolute Gasteiger partial charge is 0.349 e. The molecule has 1 saturated carbocycles. The summed E-state index contributed by atoms with van der Waals surface area (Å²) in [6.45, 7) is 3.55. The van der Waals surface area contributed by atoms with Crippen molar-refractivity contribution >= 4 is 56.3 Å². The molecule has 4 aromatic rings. The lowest BCUT2D eigenvalue weighted by Gasteiger charge is -2.28. The van der Waals surface area contributed by atoms with Crippen LogP contribution >= 0.6 is 11.3 Å². The van der Waals surface area contributed by atoms with E-state index in [4.69, 9.17) is 0 Å². The van der Waals surface area contributed by atoms with Crippen molar-refractivity contribution in [3.05, 3.63) is 78.5 Å². The van der Waals surface area contributed by atoms with E-state index in [1.54, 1.807) is 29.4 Å². The van der Waals surface area contributed by atoms with E-state index in [0.29, 0.717) is 33.2 Å². The van der Waals surface area contributed by atoms with Gasteiger partial charge < -0.3 is 10.6 Å². The van der Waals surface area contributed by atoms with Crippen molar-refractivity contribution in [3.8, 4) is 11.3 Å². The number of rotatable bonds is 7. The van der Waals surface area contributed by atoms with Crippen LogP contribution in [-0.2, 0) is 4.79 Å². The molecular weight excluding hydrogens is 498 g/mol. The highest BCUT2D eigenvalue weighted by Crippen LogP contribution is 2.46. The van der Waals surface area contributed by atoms with Crippen molar-refractivity contribution in [2.75, 3.05) is 10.2 Å². The molecule has 0 radical (unpaired) electrons. The normalized spacial score (nSPS) is 18.3. The van der Waals surface area contributed by atoms with Gasteiger partial charge in [-0.1, -0.05) is 36.9 Å². The van der Waals surface area contributed by atoms with E-state index >= 15 is 0 Å². The second kappa shape index (κ2) is 9.83. The van der Waals surface area contributed by atoms with Crippen molar-refractivity contribution in [2.45, 2.75) is 31.7 Å². The molecule has 3 amide bonds. The number of allylic oxidation sites excluding steroid dienone is 1. The summed E-state index contributed by atoms with van der Waals surface area (Å²) in [5, 5.41) is 6.80. The van der Waals surface area contributed by atoms with Crippen LogP contribution in [0.25, 0.3) is 21.5 Å². The molecule has 2 N–H and O–H groups in total. The number of pyridine rings is 2. The second-order valence-electron chi connectivity index (χ2n) is 9.57. The van der Waals surface area contributed by atoms with Gasteiger partial charge in [0.2, 0.25) is 0 Å². The van der Waals surface area contributed by atoms with Crippen LogP contribution in [-0.4, -0.2) is 33.7 Å². The Kier molecular flexibility index (Phi) is 6.21. The summed E-state index contributed by atoms with van der Waals surface area (Å²) in [4.78, 5) is 50.2. The van der Waals surface area contributed by atoms with Gasteiger partial charge in [0.15, 0.2) is 5.78 Å². The molecule has 6 rings (SSSR count). The molecule has 190 valence electrons. The lowest BCUT2D eigenvalue weighted by atomic mass is 10.0. The zero-order valence-corrected chi connectivity index (χ0v) is 21.3. The summed E-state index contributed by atoms with van der Waals surface area (Å²) in [7, 11) is 0. The van der Waals surface area contributed by atoms with Gasteiger partial charge in [0.25, 0.3) is 5.91 Å². The summed E-state index contributed by atoms with van der Waals surface area (Å²) < 4.78 is 0. The van der Waals surface area contributed by atoms with Gasteiger partial charge in [-0.05, 0) is 49.5 Å². The number of hydrogen-bond acceptors (Lipinski definition) is 6. The second-order valence-corrected chi connectivity index (χ2v) is 10.6. The maximum Gasteiger partial charge on any atom is 0.331 e. The van der Waals surface area contributed by atoms with E-state index in [1.807, 2.05) is 36.4 Å². The zero-order valence-electron chi connectivity index (χ0n) is 20.5. The fourth-order valence-electron chi connectivity index (χ4n) is 5.34. The van der Waals surface area contributed by atoms with Gasteiger partial charge in [0.1, 0.15) is 9.71 Å². The molecule has 9 heteroatoms. The molecule has 0 bridgehead atoms. The molecule has 4 heterocycles. The highest BCUT2D eigenvalue weighted by atomic mass is 32.1. The van der Waals surface area contributed by atoms with Crippen LogP contribution in [0, 0.1) is 5.92 Å². The van der Waals surface area contributed by atoms with E-state index in [1.165, 1.54) is 17.4 Å². The van der Waals surface area contributed by atoms with E-state index in [2.05, 4.69) is 27.2 Å². The highest BCUT2D eigenvalue weighted by molar-refractivity contribution is 7.21. The SMILES string of the molecule is C=CC(=O)C[C@H]1CC[C@H](NC(=O)c2sc3nccc4c3c2NC(=O)N4c2ccnc(-c3ccccc3)c2)C1. The van der Waals surface area contributed by atoms with Gasteiger partial charge in [-0.2, -0.15) is 0 Å². The average molecular weight is 524 g/mol. The maximum absolute atomic E-state index is 13.4. The first-order chi connectivity index (χ1) is 18.5. The Labute approximate surface area is 223 Å². The summed E-state index contributed by atoms with van der Waals surface area (Å²) in [6.07, 6.45) is 7.62. The lowest BCUT2D eigenvalue weighted by Crippen LogP contribution is -2.36. The standard InChI is InChI=1S/C29H25N5O3S/c1-2-21(35)15-17-8-9-19(14-17)32-27(36)26-25-24-23(11-13-31-28(24)38-26)34(29(37)33-25)20-10-12-30-22(16-20)18-6-4-3-5-7-18/h2-7,10-13,16-17,19H,1,8-9,14-15H2,(H,32,36)(H,33,37)/t17-,19-/m0/s1. The van der Waals surface area contributed by atoms with Gasteiger partial charge in [-0.25, -0.2) is 9.78 Å². The number of carbonyl (C=O) groups excluding carboxylic acids is 3. The van der Waals surface area contributed by atoms with Crippen LogP contribution < -0.4 is 15.5 Å². The van der Waals surface area contributed by atoms with E-state index in [0.717, 1.165) is 35.9 Å². The fourth-order valence-corrected chi connectivity index (χ4v) is 6.36. The summed E-state index contributed by atoms with van der Waals surface area (Å²) in [6, 6.07) is 14.9. The average Bonchev–Trinajstić information content (AvgIpc) is 3.54. The summed E-state index contributed by atoms with van der Waals surface area (Å²) in [5.74, 6) is 0.0415. The Hall–Kier alpha value is -4.37. The Morgan fingerprint density at radius 1 is 1.13 bits per heavy atom. The minimum absolute atomic E-state index is 0.0148.